The average Bonchev–Trinajstić information content (AvgIpc) is 2.90. The molecule has 4 unspecified atom stereocenters. The van der Waals surface area contributed by atoms with E-state index < -0.39 is 36.0 Å². The molecule has 1 aliphatic heterocycles. The predicted molar refractivity (Wildman–Crippen MR) is 103 cm³/mol. The van der Waals surface area contributed by atoms with Crippen LogP contribution in [-0.4, -0.2) is 52.9 Å². The van der Waals surface area contributed by atoms with Crippen LogP contribution in [0.2, 0.25) is 0 Å². The van der Waals surface area contributed by atoms with Crippen LogP contribution in [0.15, 0.2) is 48.5 Å². The SMILES string of the molecule is Cc1ccc(C(=O)OCC2OC(O)C(C)(O)C2OC(=O)c2ccc(C)cc2)cc1. The minimum absolute atomic E-state index is 0.295. The highest BCUT2D eigenvalue weighted by molar-refractivity contribution is 5.90. The first kappa shape index (κ1) is 21.0. The molecule has 29 heavy (non-hydrogen) atoms. The van der Waals surface area contributed by atoms with Gasteiger partial charge in [-0.15, -0.1) is 0 Å². The van der Waals surface area contributed by atoms with Crippen molar-refractivity contribution in [2.45, 2.75) is 44.9 Å². The molecule has 2 aromatic rings. The van der Waals surface area contributed by atoms with Gasteiger partial charge >= 0.3 is 11.9 Å². The lowest BCUT2D eigenvalue weighted by molar-refractivity contribution is -0.170. The Labute approximate surface area is 168 Å². The largest absolute Gasteiger partial charge is 0.459 e. The molecule has 0 aliphatic carbocycles. The van der Waals surface area contributed by atoms with E-state index in [0.29, 0.717) is 11.1 Å². The van der Waals surface area contributed by atoms with Gasteiger partial charge in [-0.3, -0.25) is 0 Å². The Balaban J connectivity index is 1.69. The summed E-state index contributed by atoms with van der Waals surface area (Å²) in [5, 5.41) is 20.6. The first-order valence-corrected chi connectivity index (χ1v) is 9.26. The zero-order chi connectivity index (χ0) is 21.2. The molecule has 1 aliphatic rings. The molecule has 1 fully saturated rings. The summed E-state index contributed by atoms with van der Waals surface area (Å²) in [4.78, 5) is 24.7. The first-order chi connectivity index (χ1) is 13.7. The van der Waals surface area contributed by atoms with Crippen molar-refractivity contribution in [1.29, 1.82) is 0 Å². The Morgan fingerprint density at radius 1 is 0.966 bits per heavy atom. The second-order valence-corrected chi connectivity index (χ2v) is 7.41. The Bertz CT molecular complexity index is 871. The molecule has 154 valence electrons. The van der Waals surface area contributed by atoms with Crippen molar-refractivity contribution in [3.8, 4) is 0 Å². The first-order valence-electron chi connectivity index (χ1n) is 9.26. The monoisotopic (exact) mass is 400 g/mol. The van der Waals surface area contributed by atoms with Crippen molar-refractivity contribution in [3.63, 3.8) is 0 Å². The van der Waals surface area contributed by atoms with Gasteiger partial charge in [0.1, 0.15) is 12.7 Å². The third-order valence-electron chi connectivity index (χ3n) is 4.90. The highest BCUT2D eigenvalue weighted by atomic mass is 16.7. The van der Waals surface area contributed by atoms with E-state index in [4.69, 9.17) is 14.2 Å². The zero-order valence-electron chi connectivity index (χ0n) is 16.5. The number of aliphatic hydroxyl groups is 2. The number of hydrogen-bond donors (Lipinski definition) is 2. The quantitative estimate of drug-likeness (QED) is 0.742. The molecule has 3 rings (SSSR count). The van der Waals surface area contributed by atoms with Crippen LogP contribution in [0.25, 0.3) is 0 Å². The number of aliphatic hydroxyl groups excluding tert-OH is 1. The van der Waals surface area contributed by atoms with Crippen molar-refractivity contribution in [3.05, 3.63) is 70.8 Å². The van der Waals surface area contributed by atoms with Crippen LogP contribution < -0.4 is 0 Å². The fraction of sp³-hybridized carbons (Fsp3) is 0.364. The lowest BCUT2D eigenvalue weighted by Gasteiger charge is -2.27. The Morgan fingerprint density at radius 3 is 1.97 bits per heavy atom. The molecule has 0 amide bonds. The molecule has 4 atom stereocenters. The van der Waals surface area contributed by atoms with Crippen LogP contribution in [0.3, 0.4) is 0 Å². The summed E-state index contributed by atoms with van der Waals surface area (Å²) < 4.78 is 16.0. The average molecular weight is 400 g/mol. The number of hydrogen-bond acceptors (Lipinski definition) is 7. The Morgan fingerprint density at radius 2 is 1.45 bits per heavy atom. The van der Waals surface area contributed by atoms with E-state index in [2.05, 4.69) is 0 Å². The maximum absolute atomic E-state index is 12.5. The number of benzene rings is 2. The van der Waals surface area contributed by atoms with E-state index in [1.54, 1.807) is 48.5 Å². The van der Waals surface area contributed by atoms with E-state index in [1.807, 2.05) is 13.8 Å². The van der Waals surface area contributed by atoms with Gasteiger partial charge in [0.15, 0.2) is 18.0 Å². The van der Waals surface area contributed by atoms with Gasteiger partial charge in [0, 0.05) is 0 Å². The zero-order valence-corrected chi connectivity index (χ0v) is 16.5. The number of aryl methyl sites for hydroxylation is 2. The maximum atomic E-state index is 12.5. The summed E-state index contributed by atoms with van der Waals surface area (Å²) in [5.74, 6) is -1.26. The van der Waals surface area contributed by atoms with Crippen LogP contribution >= 0.6 is 0 Å². The van der Waals surface area contributed by atoms with Crippen molar-refractivity contribution in [2.75, 3.05) is 6.61 Å². The third kappa shape index (κ3) is 4.64. The van der Waals surface area contributed by atoms with Gasteiger partial charge in [0.25, 0.3) is 0 Å². The molecule has 0 saturated carbocycles. The molecule has 0 radical (unpaired) electrons. The van der Waals surface area contributed by atoms with Crippen molar-refractivity contribution in [1.82, 2.24) is 0 Å². The second-order valence-electron chi connectivity index (χ2n) is 7.41. The van der Waals surface area contributed by atoms with Gasteiger partial charge in [-0.05, 0) is 45.0 Å². The minimum Gasteiger partial charge on any atom is -0.459 e. The predicted octanol–water partition coefficient (Wildman–Crippen LogP) is 2.15. The highest BCUT2D eigenvalue weighted by Gasteiger charge is 2.55. The number of rotatable bonds is 5. The summed E-state index contributed by atoms with van der Waals surface area (Å²) >= 11 is 0. The fourth-order valence-corrected chi connectivity index (χ4v) is 3.02. The summed E-state index contributed by atoms with van der Waals surface area (Å²) in [6.07, 6.45) is -3.85. The van der Waals surface area contributed by atoms with Gasteiger partial charge in [0.2, 0.25) is 0 Å². The summed E-state index contributed by atoms with van der Waals surface area (Å²) in [6.45, 7) is 4.79. The van der Waals surface area contributed by atoms with Crippen molar-refractivity contribution in [2.24, 2.45) is 0 Å². The van der Waals surface area contributed by atoms with Crippen LogP contribution in [0.5, 0.6) is 0 Å². The standard InChI is InChI=1S/C22H24O7/c1-13-4-8-15(9-5-13)19(23)27-12-17-18(22(3,26)21(25)28-17)29-20(24)16-10-6-14(2)7-11-16/h4-11,17-18,21,25-26H,12H2,1-3H3. The molecule has 1 heterocycles. The molecular formula is C22H24O7. The lowest BCUT2D eigenvalue weighted by Crippen LogP contribution is -2.48. The molecule has 7 heteroatoms. The normalized spacial score (nSPS) is 26.2. The third-order valence-corrected chi connectivity index (χ3v) is 4.90. The summed E-state index contributed by atoms with van der Waals surface area (Å²) in [5.41, 5.74) is 0.774. The number of carbonyl (C=O) groups is 2. The smallest absolute Gasteiger partial charge is 0.338 e. The van der Waals surface area contributed by atoms with E-state index >= 15 is 0 Å². The topological polar surface area (TPSA) is 102 Å². The number of ether oxygens (including phenoxy) is 3. The lowest BCUT2D eigenvalue weighted by atomic mass is 9.97. The summed E-state index contributed by atoms with van der Waals surface area (Å²) in [7, 11) is 0. The van der Waals surface area contributed by atoms with Crippen molar-refractivity contribution >= 4 is 11.9 Å². The van der Waals surface area contributed by atoms with E-state index in [-0.39, 0.29) is 6.61 Å². The molecule has 1 saturated heterocycles. The van der Waals surface area contributed by atoms with Crippen LogP contribution in [0.1, 0.15) is 38.8 Å². The van der Waals surface area contributed by atoms with E-state index in [1.165, 1.54) is 6.92 Å². The molecule has 0 aromatic heterocycles. The van der Waals surface area contributed by atoms with Gasteiger partial charge in [0.05, 0.1) is 11.1 Å². The fourth-order valence-electron chi connectivity index (χ4n) is 3.02. The van der Waals surface area contributed by atoms with Gasteiger partial charge in [-0.1, -0.05) is 35.4 Å². The van der Waals surface area contributed by atoms with Gasteiger partial charge in [-0.2, -0.15) is 0 Å². The van der Waals surface area contributed by atoms with Gasteiger partial charge < -0.3 is 24.4 Å². The molecule has 7 nitrogen and oxygen atoms in total. The molecule has 2 aromatic carbocycles. The van der Waals surface area contributed by atoms with Gasteiger partial charge in [-0.25, -0.2) is 9.59 Å². The van der Waals surface area contributed by atoms with Crippen LogP contribution in [0.4, 0.5) is 0 Å². The Hall–Kier alpha value is -2.74. The maximum Gasteiger partial charge on any atom is 0.338 e. The Kier molecular flexibility index (Phi) is 6.02. The van der Waals surface area contributed by atoms with E-state index in [0.717, 1.165) is 11.1 Å². The minimum atomic E-state index is -1.86. The number of esters is 2. The number of carbonyl (C=O) groups excluding carboxylic acids is 2. The molecule has 0 spiro atoms. The second kappa shape index (κ2) is 8.32. The van der Waals surface area contributed by atoms with Crippen LogP contribution in [-0.2, 0) is 14.2 Å². The van der Waals surface area contributed by atoms with Crippen molar-refractivity contribution < 1.29 is 34.0 Å². The highest BCUT2D eigenvalue weighted by Crippen LogP contribution is 2.33. The van der Waals surface area contributed by atoms with Crippen LogP contribution in [0, 0.1) is 13.8 Å². The molecule has 2 N–H and O–H groups in total. The molecule has 0 bridgehead atoms. The summed E-state index contributed by atoms with van der Waals surface area (Å²) in [6, 6.07) is 13.5. The van der Waals surface area contributed by atoms with E-state index in [9.17, 15) is 19.8 Å². The molecular weight excluding hydrogens is 376 g/mol.